The minimum absolute atomic E-state index is 0.301. The highest BCUT2D eigenvalue weighted by atomic mass is 35.5. The Balaban J connectivity index is 1.85. The van der Waals surface area contributed by atoms with Crippen LogP contribution in [0.25, 0.3) is 11.3 Å². The molecule has 2 aromatic carbocycles. The second kappa shape index (κ2) is 6.76. The van der Waals surface area contributed by atoms with Crippen LogP contribution >= 0.6 is 11.6 Å². The highest BCUT2D eigenvalue weighted by Gasteiger charge is 2.14. The van der Waals surface area contributed by atoms with E-state index in [1.54, 1.807) is 19.2 Å². The maximum atomic E-state index is 12.5. The standard InChI is InChI=1S/C18H16ClN3O2/c1-11-7-8-17(24-2)15(9-11)20-18(23)16-10-14(21-22-16)12-5-3-4-6-13(12)19/h3-10H,1-2H3,(H,20,23)(H,21,22). The molecule has 5 nitrogen and oxygen atoms in total. The first-order chi connectivity index (χ1) is 11.6. The Kier molecular flexibility index (Phi) is 4.53. The van der Waals surface area contributed by atoms with Crippen LogP contribution in [-0.2, 0) is 0 Å². The molecule has 6 heteroatoms. The van der Waals surface area contributed by atoms with E-state index in [-0.39, 0.29) is 5.91 Å². The minimum atomic E-state index is -0.301. The lowest BCUT2D eigenvalue weighted by molar-refractivity contribution is 0.102. The molecule has 0 unspecified atom stereocenters. The summed E-state index contributed by atoms with van der Waals surface area (Å²) in [5, 5.41) is 10.3. The van der Waals surface area contributed by atoms with E-state index in [0.717, 1.165) is 11.1 Å². The lowest BCUT2D eigenvalue weighted by Crippen LogP contribution is -2.13. The number of nitrogens with one attached hydrogen (secondary N) is 2. The van der Waals surface area contributed by atoms with Crippen LogP contribution in [0.3, 0.4) is 0 Å². The number of H-pyrrole nitrogens is 1. The van der Waals surface area contributed by atoms with Gasteiger partial charge in [-0.3, -0.25) is 9.89 Å². The number of amides is 1. The van der Waals surface area contributed by atoms with Gasteiger partial charge in [0.05, 0.1) is 23.5 Å². The number of hydrogen-bond donors (Lipinski definition) is 2. The molecule has 0 radical (unpaired) electrons. The second-order valence-electron chi connectivity index (χ2n) is 5.30. The number of rotatable bonds is 4. The molecule has 0 fully saturated rings. The molecule has 3 aromatic rings. The number of halogens is 1. The Hall–Kier alpha value is -2.79. The average Bonchev–Trinajstić information content (AvgIpc) is 3.05. The van der Waals surface area contributed by atoms with Crippen LogP contribution in [0, 0.1) is 6.92 Å². The van der Waals surface area contributed by atoms with Gasteiger partial charge in [0.15, 0.2) is 0 Å². The summed E-state index contributed by atoms with van der Waals surface area (Å²) in [6, 6.07) is 14.6. The molecule has 0 aliphatic carbocycles. The molecular weight excluding hydrogens is 326 g/mol. The van der Waals surface area contributed by atoms with Crippen LogP contribution < -0.4 is 10.1 Å². The SMILES string of the molecule is COc1ccc(C)cc1NC(=O)c1cc(-c2ccccc2Cl)n[nH]1. The molecule has 24 heavy (non-hydrogen) atoms. The number of benzene rings is 2. The minimum Gasteiger partial charge on any atom is -0.495 e. The molecule has 0 aliphatic heterocycles. The van der Waals surface area contributed by atoms with Crippen molar-refractivity contribution in [1.29, 1.82) is 0 Å². The monoisotopic (exact) mass is 341 g/mol. The predicted octanol–water partition coefficient (Wildman–Crippen LogP) is 4.30. The molecule has 3 rings (SSSR count). The first-order valence-electron chi connectivity index (χ1n) is 7.35. The number of aryl methyl sites for hydroxylation is 1. The number of aromatic amines is 1. The zero-order valence-corrected chi connectivity index (χ0v) is 14.0. The molecule has 0 atom stereocenters. The number of carbonyl (C=O) groups excluding carboxylic acids is 1. The van der Waals surface area contributed by atoms with Crippen molar-refractivity contribution in [2.24, 2.45) is 0 Å². The molecule has 1 heterocycles. The Morgan fingerprint density at radius 3 is 2.75 bits per heavy atom. The number of aromatic nitrogens is 2. The van der Waals surface area contributed by atoms with Crippen LogP contribution in [0.4, 0.5) is 5.69 Å². The molecular formula is C18H16ClN3O2. The third-order valence-corrected chi connectivity index (χ3v) is 3.91. The van der Waals surface area contributed by atoms with E-state index in [2.05, 4.69) is 15.5 Å². The van der Waals surface area contributed by atoms with Crippen LogP contribution in [0.1, 0.15) is 16.1 Å². The van der Waals surface area contributed by atoms with Crippen LogP contribution in [0.15, 0.2) is 48.5 Å². The Bertz CT molecular complexity index is 889. The zero-order valence-electron chi connectivity index (χ0n) is 13.3. The van der Waals surface area contributed by atoms with Crippen LogP contribution in [0.2, 0.25) is 5.02 Å². The van der Waals surface area contributed by atoms with Crippen LogP contribution in [-0.4, -0.2) is 23.2 Å². The van der Waals surface area contributed by atoms with Gasteiger partial charge in [0.1, 0.15) is 11.4 Å². The van der Waals surface area contributed by atoms with Gasteiger partial charge < -0.3 is 10.1 Å². The largest absolute Gasteiger partial charge is 0.495 e. The average molecular weight is 342 g/mol. The van der Waals surface area contributed by atoms with E-state index in [9.17, 15) is 4.79 Å². The number of carbonyl (C=O) groups is 1. The van der Waals surface area contributed by atoms with E-state index in [0.29, 0.717) is 27.8 Å². The van der Waals surface area contributed by atoms with Gasteiger partial charge in [-0.25, -0.2) is 0 Å². The van der Waals surface area contributed by atoms with E-state index in [4.69, 9.17) is 16.3 Å². The summed E-state index contributed by atoms with van der Waals surface area (Å²) in [5.74, 6) is 0.296. The van der Waals surface area contributed by atoms with E-state index >= 15 is 0 Å². The van der Waals surface area contributed by atoms with Crippen molar-refractivity contribution in [2.75, 3.05) is 12.4 Å². The number of anilines is 1. The summed E-state index contributed by atoms with van der Waals surface area (Å²) in [6.07, 6.45) is 0. The Morgan fingerprint density at radius 2 is 2.00 bits per heavy atom. The van der Waals surface area contributed by atoms with E-state index < -0.39 is 0 Å². The second-order valence-corrected chi connectivity index (χ2v) is 5.71. The van der Waals surface area contributed by atoms with Crippen LogP contribution in [0.5, 0.6) is 5.75 Å². The molecule has 0 bridgehead atoms. The Labute approximate surface area is 144 Å². The highest BCUT2D eigenvalue weighted by Crippen LogP contribution is 2.28. The van der Waals surface area contributed by atoms with Gasteiger partial charge in [-0.1, -0.05) is 35.9 Å². The quantitative estimate of drug-likeness (QED) is 0.743. The molecule has 122 valence electrons. The number of nitrogens with zero attached hydrogens (tertiary/aromatic N) is 1. The summed E-state index contributed by atoms with van der Waals surface area (Å²) < 4.78 is 5.27. The molecule has 2 N–H and O–H groups in total. The van der Waals surface area contributed by atoms with Crippen molar-refractivity contribution in [3.63, 3.8) is 0 Å². The van der Waals surface area contributed by atoms with Gasteiger partial charge in [0, 0.05) is 5.56 Å². The normalized spacial score (nSPS) is 10.5. The first kappa shape index (κ1) is 16.1. The van der Waals surface area contributed by atoms with Crippen molar-refractivity contribution in [1.82, 2.24) is 10.2 Å². The fourth-order valence-electron chi connectivity index (χ4n) is 2.35. The topological polar surface area (TPSA) is 67.0 Å². The van der Waals surface area contributed by atoms with Crippen molar-refractivity contribution in [3.8, 4) is 17.0 Å². The summed E-state index contributed by atoms with van der Waals surface area (Å²) in [7, 11) is 1.56. The van der Waals surface area contributed by atoms with Gasteiger partial charge in [0.2, 0.25) is 0 Å². The van der Waals surface area contributed by atoms with Crippen molar-refractivity contribution in [2.45, 2.75) is 6.92 Å². The van der Waals surface area contributed by atoms with Crippen molar-refractivity contribution in [3.05, 3.63) is 64.8 Å². The number of ether oxygens (including phenoxy) is 1. The number of methoxy groups -OCH3 is 1. The van der Waals surface area contributed by atoms with Gasteiger partial charge >= 0.3 is 0 Å². The van der Waals surface area contributed by atoms with Gasteiger partial charge in [-0.05, 0) is 36.8 Å². The smallest absolute Gasteiger partial charge is 0.273 e. The summed E-state index contributed by atoms with van der Waals surface area (Å²) in [4.78, 5) is 12.5. The first-order valence-corrected chi connectivity index (χ1v) is 7.72. The van der Waals surface area contributed by atoms with E-state index in [1.807, 2.05) is 43.3 Å². The summed E-state index contributed by atoms with van der Waals surface area (Å²) >= 11 is 6.16. The van der Waals surface area contributed by atoms with E-state index in [1.165, 1.54) is 0 Å². The maximum Gasteiger partial charge on any atom is 0.273 e. The predicted molar refractivity (Wildman–Crippen MR) is 94.7 cm³/mol. The lowest BCUT2D eigenvalue weighted by Gasteiger charge is -2.10. The van der Waals surface area contributed by atoms with Crippen molar-refractivity contribution < 1.29 is 9.53 Å². The third kappa shape index (κ3) is 3.26. The third-order valence-electron chi connectivity index (χ3n) is 3.58. The lowest BCUT2D eigenvalue weighted by atomic mass is 10.1. The van der Waals surface area contributed by atoms with Gasteiger partial charge in [-0.15, -0.1) is 0 Å². The highest BCUT2D eigenvalue weighted by molar-refractivity contribution is 6.33. The molecule has 0 spiro atoms. The molecule has 1 amide bonds. The zero-order chi connectivity index (χ0) is 17.1. The fraction of sp³-hybridized carbons (Fsp3) is 0.111. The molecule has 0 saturated heterocycles. The van der Waals surface area contributed by atoms with Crippen molar-refractivity contribution >= 4 is 23.2 Å². The molecule has 0 saturated carbocycles. The summed E-state index contributed by atoms with van der Waals surface area (Å²) in [6.45, 7) is 1.95. The molecule has 1 aromatic heterocycles. The maximum absolute atomic E-state index is 12.5. The fourth-order valence-corrected chi connectivity index (χ4v) is 2.59. The van der Waals surface area contributed by atoms with Gasteiger partial charge in [0.25, 0.3) is 5.91 Å². The Morgan fingerprint density at radius 1 is 1.21 bits per heavy atom. The van der Waals surface area contributed by atoms with Gasteiger partial charge in [-0.2, -0.15) is 5.10 Å². The molecule has 0 aliphatic rings. The number of hydrogen-bond acceptors (Lipinski definition) is 3. The summed E-state index contributed by atoms with van der Waals surface area (Å²) in [5.41, 5.74) is 3.35.